The zero-order valence-electron chi connectivity index (χ0n) is 13.4. The van der Waals surface area contributed by atoms with Gasteiger partial charge in [0.1, 0.15) is 5.41 Å². The summed E-state index contributed by atoms with van der Waals surface area (Å²) in [6, 6.07) is -0.659. The van der Waals surface area contributed by atoms with Crippen molar-refractivity contribution in [3.05, 3.63) is 0 Å². The third-order valence-electron chi connectivity index (χ3n) is 4.09. The number of rotatable bonds is 8. The Morgan fingerprint density at radius 2 is 1.86 bits per heavy atom. The molecule has 2 amide bonds. The normalized spacial score (nSPS) is 24.8. The highest BCUT2D eigenvalue weighted by molar-refractivity contribution is 5.79. The van der Waals surface area contributed by atoms with Crippen molar-refractivity contribution in [1.29, 1.82) is 0 Å². The molecular formula is C15H28N2O4. The fraction of sp³-hybridized carbons (Fsp3) is 0.867. The topological polar surface area (TPSA) is 78.9 Å². The van der Waals surface area contributed by atoms with Gasteiger partial charge in [-0.05, 0) is 19.8 Å². The maximum Gasteiger partial charge on any atom is 0.317 e. The Morgan fingerprint density at radius 3 is 2.33 bits per heavy atom. The molecule has 1 rings (SSSR count). The first-order chi connectivity index (χ1) is 9.95. The molecule has 0 radical (unpaired) electrons. The molecule has 0 aromatic rings. The quantitative estimate of drug-likeness (QED) is 0.719. The van der Waals surface area contributed by atoms with Crippen molar-refractivity contribution >= 4 is 12.0 Å². The second kappa shape index (κ2) is 8.22. The number of hydrogen-bond acceptors (Lipinski definition) is 3. The lowest BCUT2D eigenvalue weighted by Crippen LogP contribution is -2.53. The Kier molecular flexibility index (Phi) is 6.95. The Morgan fingerprint density at radius 1 is 1.29 bits per heavy atom. The predicted molar refractivity (Wildman–Crippen MR) is 80.3 cm³/mol. The summed E-state index contributed by atoms with van der Waals surface area (Å²) in [4.78, 5) is 25.6. The van der Waals surface area contributed by atoms with Crippen LogP contribution in [0.2, 0.25) is 0 Å². The average Bonchev–Trinajstić information content (AvgIpc) is 2.81. The largest absolute Gasteiger partial charge is 0.481 e. The first-order valence-electron chi connectivity index (χ1n) is 7.82. The lowest BCUT2D eigenvalue weighted by Gasteiger charge is -2.29. The maximum atomic E-state index is 12.4. The first-order valence-corrected chi connectivity index (χ1v) is 7.82. The summed E-state index contributed by atoms with van der Waals surface area (Å²) in [6.45, 7) is 7.60. The molecule has 122 valence electrons. The molecule has 0 aliphatic carbocycles. The van der Waals surface area contributed by atoms with Crippen LogP contribution in [0.15, 0.2) is 0 Å². The van der Waals surface area contributed by atoms with Crippen molar-refractivity contribution in [2.75, 3.05) is 26.3 Å². The van der Waals surface area contributed by atoms with Gasteiger partial charge in [0.15, 0.2) is 0 Å². The van der Waals surface area contributed by atoms with Crippen molar-refractivity contribution in [3.8, 4) is 0 Å². The Hall–Kier alpha value is -1.30. The molecule has 0 bridgehead atoms. The van der Waals surface area contributed by atoms with Gasteiger partial charge in [-0.2, -0.15) is 0 Å². The van der Waals surface area contributed by atoms with E-state index in [1.165, 1.54) is 0 Å². The van der Waals surface area contributed by atoms with E-state index >= 15 is 0 Å². The standard InChI is InChI=1S/C15H28N2O4/c1-4-6-8-17(9-7-5-2)14(20)16-12-10-21-11-15(12,3)13(18)19/h12H,4-11H2,1-3H3,(H,16,20)(H,18,19). The van der Waals surface area contributed by atoms with E-state index < -0.39 is 17.4 Å². The molecule has 0 saturated carbocycles. The van der Waals surface area contributed by atoms with E-state index in [2.05, 4.69) is 19.2 Å². The minimum absolute atomic E-state index is 0.136. The van der Waals surface area contributed by atoms with Crippen molar-refractivity contribution < 1.29 is 19.4 Å². The van der Waals surface area contributed by atoms with Gasteiger partial charge in [-0.25, -0.2) is 4.79 Å². The van der Waals surface area contributed by atoms with Crippen LogP contribution >= 0.6 is 0 Å². The van der Waals surface area contributed by atoms with Gasteiger partial charge in [-0.15, -0.1) is 0 Å². The third-order valence-corrected chi connectivity index (χ3v) is 4.09. The van der Waals surface area contributed by atoms with Crippen LogP contribution in [0.1, 0.15) is 46.5 Å². The molecule has 1 fully saturated rings. The summed E-state index contributed by atoms with van der Waals surface area (Å²) < 4.78 is 5.26. The van der Waals surface area contributed by atoms with Gasteiger partial charge in [0.2, 0.25) is 0 Å². The van der Waals surface area contributed by atoms with Gasteiger partial charge in [0.05, 0.1) is 19.3 Å². The number of ether oxygens (including phenoxy) is 1. The third kappa shape index (κ3) is 4.59. The van der Waals surface area contributed by atoms with Gasteiger partial charge in [-0.3, -0.25) is 4.79 Å². The number of hydrogen-bond donors (Lipinski definition) is 2. The van der Waals surface area contributed by atoms with Crippen LogP contribution in [0.3, 0.4) is 0 Å². The molecular weight excluding hydrogens is 272 g/mol. The van der Waals surface area contributed by atoms with Crippen LogP contribution < -0.4 is 5.32 Å². The molecule has 0 aromatic heterocycles. The molecule has 0 aromatic carbocycles. The van der Waals surface area contributed by atoms with E-state index in [1.54, 1.807) is 11.8 Å². The van der Waals surface area contributed by atoms with Gasteiger partial charge < -0.3 is 20.1 Å². The zero-order chi connectivity index (χ0) is 15.9. The Balaban J connectivity index is 2.64. The molecule has 2 N–H and O–H groups in total. The number of aliphatic carboxylic acids is 1. The minimum atomic E-state index is -1.04. The number of carboxylic acids is 1. The van der Waals surface area contributed by atoms with Crippen LogP contribution in [0.5, 0.6) is 0 Å². The second-order valence-electron chi connectivity index (χ2n) is 5.93. The highest BCUT2D eigenvalue weighted by atomic mass is 16.5. The van der Waals surface area contributed by atoms with Crippen LogP contribution in [0, 0.1) is 5.41 Å². The van der Waals surface area contributed by atoms with Crippen LogP contribution in [0.4, 0.5) is 4.79 Å². The van der Waals surface area contributed by atoms with Gasteiger partial charge in [0.25, 0.3) is 0 Å². The molecule has 6 heteroatoms. The zero-order valence-corrected chi connectivity index (χ0v) is 13.4. The fourth-order valence-corrected chi connectivity index (χ4v) is 2.34. The van der Waals surface area contributed by atoms with Crippen LogP contribution in [0.25, 0.3) is 0 Å². The van der Waals surface area contributed by atoms with Gasteiger partial charge >= 0.3 is 12.0 Å². The molecule has 2 unspecified atom stereocenters. The summed E-state index contributed by atoms with van der Waals surface area (Å²) in [7, 11) is 0. The Labute approximate surface area is 126 Å². The number of carboxylic acid groups (broad SMARTS) is 1. The molecule has 1 aliphatic rings. The molecule has 2 atom stereocenters. The number of urea groups is 1. The summed E-state index contributed by atoms with van der Waals surface area (Å²) in [5.41, 5.74) is -1.04. The molecule has 0 spiro atoms. The number of amides is 2. The molecule has 6 nitrogen and oxygen atoms in total. The highest BCUT2D eigenvalue weighted by Gasteiger charge is 2.47. The van der Waals surface area contributed by atoms with Gasteiger partial charge in [0, 0.05) is 13.1 Å². The molecule has 1 heterocycles. The number of nitrogens with one attached hydrogen (secondary N) is 1. The number of unbranched alkanes of at least 4 members (excludes halogenated alkanes) is 2. The van der Waals surface area contributed by atoms with E-state index in [0.717, 1.165) is 25.7 Å². The molecule has 1 saturated heterocycles. The molecule has 21 heavy (non-hydrogen) atoms. The number of carbonyl (C=O) groups is 2. The monoisotopic (exact) mass is 300 g/mol. The average molecular weight is 300 g/mol. The van der Waals surface area contributed by atoms with E-state index in [1.807, 2.05) is 0 Å². The lowest BCUT2D eigenvalue weighted by molar-refractivity contribution is -0.148. The summed E-state index contributed by atoms with van der Waals surface area (Å²) in [6.07, 6.45) is 3.95. The number of nitrogens with zero attached hydrogens (tertiary/aromatic N) is 1. The van der Waals surface area contributed by atoms with E-state index in [9.17, 15) is 14.7 Å². The highest BCUT2D eigenvalue weighted by Crippen LogP contribution is 2.28. The molecule has 1 aliphatic heterocycles. The van der Waals surface area contributed by atoms with Crippen LogP contribution in [-0.2, 0) is 9.53 Å². The summed E-state index contributed by atoms with van der Waals surface area (Å²) in [5.74, 6) is -0.932. The minimum Gasteiger partial charge on any atom is -0.481 e. The van der Waals surface area contributed by atoms with Crippen LogP contribution in [-0.4, -0.2) is 54.4 Å². The lowest BCUT2D eigenvalue weighted by atomic mass is 9.85. The number of carbonyl (C=O) groups excluding carboxylic acids is 1. The summed E-state index contributed by atoms with van der Waals surface area (Å²) in [5, 5.41) is 12.2. The van der Waals surface area contributed by atoms with E-state index in [-0.39, 0.29) is 19.2 Å². The summed E-state index contributed by atoms with van der Waals surface area (Å²) >= 11 is 0. The van der Waals surface area contributed by atoms with E-state index in [4.69, 9.17) is 4.74 Å². The maximum absolute atomic E-state index is 12.4. The second-order valence-corrected chi connectivity index (χ2v) is 5.93. The van der Waals surface area contributed by atoms with Crippen molar-refractivity contribution in [2.24, 2.45) is 5.41 Å². The van der Waals surface area contributed by atoms with E-state index in [0.29, 0.717) is 13.1 Å². The van der Waals surface area contributed by atoms with Crippen molar-refractivity contribution in [2.45, 2.75) is 52.5 Å². The smallest absolute Gasteiger partial charge is 0.317 e. The SMILES string of the molecule is CCCCN(CCCC)C(=O)NC1COCC1(C)C(=O)O. The van der Waals surface area contributed by atoms with Gasteiger partial charge in [-0.1, -0.05) is 26.7 Å². The van der Waals surface area contributed by atoms with Crippen molar-refractivity contribution in [3.63, 3.8) is 0 Å². The predicted octanol–water partition coefficient (Wildman–Crippen LogP) is 2.09. The Bertz CT molecular complexity index is 354. The van der Waals surface area contributed by atoms with Crippen molar-refractivity contribution in [1.82, 2.24) is 10.2 Å². The first kappa shape index (κ1) is 17.8. The fourth-order valence-electron chi connectivity index (χ4n) is 2.34.